The van der Waals surface area contributed by atoms with Gasteiger partial charge in [0.05, 0.1) is 12.2 Å². The Morgan fingerprint density at radius 3 is 2.85 bits per heavy atom. The molecule has 0 unspecified atom stereocenters. The standard InChI is InChI=1S/C9H13NO3/c1-2-12-9-5-3-4-8(11)7(9)6-13-10/h3-5,11H,2,6,10H2,1H3. The Balaban J connectivity index is 2.95. The van der Waals surface area contributed by atoms with Gasteiger partial charge >= 0.3 is 0 Å². The molecule has 0 bridgehead atoms. The fourth-order valence-corrected chi connectivity index (χ4v) is 1.07. The molecule has 1 aromatic rings. The summed E-state index contributed by atoms with van der Waals surface area (Å²) in [6.45, 7) is 2.56. The largest absolute Gasteiger partial charge is 0.507 e. The Bertz CT molecular complexity index is 276. The normalized spacial score (nSPS) is 10.0. The van der Waals surface area contributed by atoms with Crippen LogP contribution in [-0.2, 0) is 11.4 Å². The fourth-order valence-electron chi connectivity index (χ4n) is 1.07. The van der Waals surface area contributed by atoms with Gasteiger partial charge in [-0.1, -0.05) is 6.07 Å². The highest BCUT2D eigenvalue weighted by Gasteiger charge is 2.07. The maximum Gasteiger partial charge on any atom is 0.128 e. The summed E-state index contributed by atoms with van der Waals surface area (Å²) in [5, 5.41) is 9.43. The van der Waals surface area contributed by atoms with Crippen LogP contribution >= 0.6 is 0 Å². The van der Waals surface area contributed by atoms with Crippen LogP contribution in [0.15, 0.2) is 18.2 Å². The summed E-state index contributed by atoms with van der Waals surface area (Å²) in [7, 11) is 0. The molecule has 3 N–H and O–H groups in total. The average molecular weight is 183 g/mol. The van der Waals surface area contributed by atoms with E-state index in [2.05, 4.69) is 4.84 Å². The molecule has 0 radical (unpaired) electrons. The van der Waals surface area contributed by atoms with E-state index in [9.17, 15) is 5.11 Å². The van der Waals surface area contributed by atoms with E-state index in [1.807, 2.05) is 6.92 Å². The number of nitrogens with two attached hydrogens (primary N) is 1. The number of hydrogen-bond acceptors (Lipinski definition) is 4. The zero-order valence-electron chi connectivity index (χ0n) is 7.49. The van der Waals surface area contributed by atoms with E-state index in [1.54, 1.807) is 18.2 Å². The van der Waals surface area contributed by atoms with Gasteiger partial charge in [0.2, 0.25) is 0 Å². The maximum atomic E-state index is 9.43. The zero-order chi connectivity index (χ0) is 9.68. The average Bonchev–Trinajstić information content (AvgIpc) is 2.11. The van der Waals surface area contributed by atoms with Crippen molar-refractivity contribution in [3.8, 4) is 11.5 Å². The van der Waals surface area contributed by atoms with E-state index in [0.29, 0.717) is 17.9 Å². The molecule has 1 aromatic carbocycles. The first-order chi connectivity index (χ1) is 6.29. The molecule has 0 aliphatic rings. The summed E-state index contributed by atoms with van der Waals surface area (Å²) < 4.78 is 5.27. The summed E-state index contributed by atoms with van der Waals surface area (Å²) >= 11 is 0. The minimum absolute atomic E-state index is 0.136. The van der Waals surface area contributed by atoms with E-state index in [-0.39, 0.29) is 12.4 Å². The van der Waals surface area contributed by atoms with Crippen molar-refractivity contribution in [2.45, 2.75) is 13.5 Å². The molecule has 13 heavy (non-hydrogen) atoms. The summed E-state index contributed by atoms with van der Waals surface area (Å²) in [4.78, 5) is 4.46. The minimum atomic E-state index is 0.136. The van der Waals surface area contributed by atoms with Gasteiger partial charge in [-0.2, -0.15) is 0 Å². The molecule has 0 aliphatic carbocycles. The molecule has 0 atom stereocenters. The van der Waals surface area contributed by atoms with E-state index in [0.717, 1.165) is 0 Å². The second-order valence-electron chi connectivity index (χ2n) is 2.50. The fraction of sp³-hybridized carbons (Fsp3) is 0.333. The summed E-state index contributed by atoms with van der Waals surface area (Å²) in [6.07, 6.45) is 0. The number of aromatic hydroxyl groups is 1. The number of benzene rings is 1. The van der Waals surface area contributed by atoms with Gasteiger partial charge in [-0.25, -0.2) is 5.90 Å². The smallest absolute Gasteiger partial charge is 0.128 e. The highest BCUT2D eigenvalue weighted by Crippen LogP contribution is 2.27. The van der Waals surface area contributed by atoms with Gasteiger partial charge in [0.25, 0.3) is 0 Å². The van der Waals surface area contributed by atoms with E-state index in [4.69, 9.17) is 10.6 Å². The van der Waals surface area contributed by atoms with Crippen molar-refractivity contribution >= 4 is 0 Å². The number of hydrogen-bond donors (Lipinski definition) is 2. The van der Waals surface area contributed by atoms with Crippen molar-refractivity contribution in [2.24, 2.45) is 5.90 Å². The molecule has 0 fully saturated rings. The Kier molecular flexibility index (Phi) is 3.54. The van der Waals surface area contributed by atoms with Gasteiger partial charge in [0, 0.05) is 0 Å². The number of rotatable bonds is 4. The van der Waals surface area contributed by atoms with Crippen molar-refractivity contribution in [2.75, 3.05) is 6.61 Å². The summed E-state index contributed by atoms with van der Waals surface area (Å²) in [5.41, 5.74) is 0.576. The first-order valence-electron chi connectivity index (χ1n) is 4.05. The van der Waals surface area contributed by atoms with E-state index >= 15 is 0 Å². The highest BCUT2D eigenvalue weighted by molar-refractivity contribution is 5.43. The van der Waals surface area contributed by atoms with Gasteiger partial charge in [0.1, 0.15) is 18.1 Å². The highest BCUT2D eigenvalue weighted by atomic mass is 16.6. The van der Waals surface area contributed by atoms with Crippen molar-refractivity contribution in [1.82, 2.24) is 0 Å². The Hall–Kier alpha value is -1.26. The SMILES string of the molecule is CCOc1cccc(O)c1CON. The molecule has 4 nitrogen and oxygen atoms in total. The first kappa shape index (κ1) is 9.83. The van der Waals surface area contributed by atoms with Gasteiger partial charge in [-0.3, -0.25) is 4.84 Å². The van der Waals surface area contributed by atoms with Crippen LogP contribution in [-0.4, -0.2) is 11.7 Å². The molecule has 0 saturated carbocycles. The second-order valence-corrected chi connectivity index (χ2v) is 2.50. The third kappa shape index (κ3) is 2.34. The van der Waals surface area contributed by atoms with Gasteiger partial charge in [-0.05, 0) is 19.1 Å². The lowest BCUT2D eigenvalue weighted by Crippen LogP contribution is -2.02. The molecule has 72 valence electrons. The molecular weight excluding hydrogens is 170 g/mol. The van der Waals surface area contributed by atoms with Crippen LogP contribution in [0.3, 0.4) is 0 Å². The molecular formula is C9H13NO3. The Labute approximate surface area is 76.8 Å². The maximum absolute atomic E-state index is 9.43. The van der Waals surface area contributed by atoms with Crippen LogP contribution in [0.25, 0.3) is 0 Å². The predicted octanol–water partition coefficient (Wildman–Crippen LogP) is 1.18. The van der Waals surface area contributed by atoms with Crippen LogP contribution < -0.4 is 10.6 Å². The van der Waals surface area contributed by atoms with Crippen LogP contribution in [0.2, 0.25) is 0 Å². The predicted molar refractivity (Wildman–Crippen MR) is 48.3 cm³/mol. The third-order valence-electron chi connectivity index (χ3n) is 1.64. The van der Waals surface area contributed by atoms with Gasteiger partial charge in [-0.15, -0.1) is 0 Å². The van der Waals surface area contributed by atoms with E-state index < -0.39 is 0 Å². The van der Waals surface area contributed by atoms with Crippen molar-refractivity contribution < 1.29 is 14.7 Å². The molecule has 0 saturated heterocycles. The lowest BCUT2D eigenvalue weighted by molar-refractivity contribution is 0.119. The van der Waals surface area contributed by atoms with Crippen LogP contribution in [0.1, 0.15) is 12.5 Å². The molecule has 0 aromatic heterocycles. The Morgan fingerprint density at radius 1 is 1.46 bits per heavy atom. The first-order valence-corrected chi connectivity index (χ1v) is 4.05. The number of phenols is 1. The molecule has 1 rings (SSSR count). The zero-order valence-corrected chi connectivity index (χ0v) is 7.49. The Morgan fingerprint density at radius 2 is 2.23 bits per heavy atom. The lowest BCUT2D eigenvalue weighted by Gasteiger charge is -2.10. The van der Waals surface area contributed by atoms with Crippen LogP contribution in [0.4, 0.5) is 0 Å². The van der Waals surface area contributed by atoms with Crippen LogP contribution in [0, 0.1) is 0 Å². The molecule has 0 heterocycles. The molecule has 0 amide bonds. The van der Waals surface area contributed by atoms with Crippen molar-refractivity contribution in [3.05, 3.63) is 23.8 Å². The van der Waals surface area contributed by atoms with Crippen molar-refractivity contribution in [1.29, 1.82) is 0 Å². The lowest BCUT2D eigenvalue weighted by atomic mass is 10.2. The molecule has 4 heteroatoms. The third-order valence-corrected chi connectivity index (χ3v) is 1.64. The monoisotopic (exact) mass is 183 g/mol. The van der Waals surface area contributed by atoms with Gasteiger partial charge < -0.3 is 9.84 Å². The van der Waals surface area contributed by atoms with Gasteiger partial charge in [0.15, 0.2) is 0 Å². The van der Waals surface area contributed by atoms with Crippen LogP contribution in [0.5, 0.6) is 11.5 Å². The second kappa shape index (κ2) is 4.69. The van der Waals surface area contributed by atoms with Crippen molar-refractivity contribution in [3.63, 3.8) is 0 Å². The summed E-state index contributed by atoms with van der Waals surface area (Å²) in [5.74, 6) is 5.67. The quantitative estimate of drug-likeness (QED) is 0.688. The minimum Gasteiger partial charge on any atom is -0.507 e. The number of phenolic OH excluding ortho intramolecular Hbond substituents is 1. The van der Waals surface area contributed by atoms with E-state index in [1.165, 1.54) is 0 Å². The molecule has 0 aliphatic heterocycles. The topological polar surface area (TPSA) is 64.7 Å². The summed E-state index contributed by atoms with van der Waals surface area (Å²) in [6, 6.07) is 5.04. The number of ether oxygens (including phenoxy) is 1. The molecule has 0 spiro atoms.